The molecule has 4 rings (SSSR count). The summed E-state index contributed by atoms with van der Waals surface area (Å²) in [5.41, 5.74) is 7.33. The van der Waals surface area contributed by atoms with Crippen LogP contribution in [0.5, 0.6) is 5.75 Å². The second-order valence-corrected chi connectivity index (χ2v) is 9.33. The second-order valence-electron chi connectivity index (χ2n) is 9.33. The first kappa shape index (κ1) is 27.2. The van der Waals surface area contributed by atoms with Gasteiger partial charge in [-0.15, -0.1) is 0 Å². The number of likely N-dealkylation sites (tertiary alicyclic amines) is 1. The van der Waals surface area contributed by atoms with Crippen molar-refractivity contribution in [3.05, 3.63) is 84.2 Å². The van der Waals surface area contributed by atoms with Crippen LogP contribution in [0.2, 0.25) is 0 Å². The van der Waals surface area contributed by atoms with Gasteiger partial charge < -0.3 is 35.9 Å². The number of ether oxygens (including phenoxy) is 1. The standard InChI is InChI=1S/C28H32N6O5/c1-33-14-7-12-23(33)27(37)34-15-13-21(32-28(38)30-19-10-6-11-20(17-19)39-2)24(34)26(36)31-22(25(29)35)16-18-8-4-3-5-9-18/h3-12,14,17,21-22,24H,13,15-16H2,1-2H3,(H2,29,35)(H,31,36)(H2,30,32,38)/t21-,22+,24-/m0/s1. The van der Waals surface area contributed by atoms with Crippen LogP contribution in [0.25, 0.3) is 0 Å². The highest BCUT2D eigenvalue weighted by atomic mass is 16.5. The third-order valence-corrected chi connectivity index (χ3v) is 6.68. The van der Waals surface area contributed by atoms with E-state index in [9.17, 15) is 19.2 Å². The molecule has 0 aliphatic carbocycles. The molecule has 1 aromatic heterocycles. The molecule has 11 nitrogen and oxygen atoms in total. The predicted octanol–water partition coefficient (Wildman–Crippen LogP) is 1.65. The van der Waals surface area contributed by atoms with E-state index in [1.54, 1.807) is 54.2 Å². The summed E-state index contributed by atoms with van der Waals surface area (Å²) >= 11 is 0. The fourth-order valence-electron chi connectivity index (χ4n) is 4.69. The molecule has 204 valence electrons. The van der Waals surface area contributed by atoms with Crippen LogP contribution >= 0.6 is 0 Å². The fourth-order valence-corrected chi connectivity index (χ4v) is 4.69. The molecular formula is C28H32N6O5. The molecule has 0 radical (unpaired) electrons. The van der Waals surface area contributed by atoms with Crippen molar-refractivity contribution in [3.63, 3.8) is 0 Å². The summed E-state index contributed by atoms with van der Waals surface area (Å²) in [7, 11) is 3.26. The third kappa shape index (κ3) is 6.56. The van der Waals surface area contributed by atoms with Crippen LogP contribution in [0, 0.1) is 0 Å². The maximum absolute atomic E-state index is 13.6. The monoisotopic (exact) mass is 532 g/mol. The number of rotatable bonds is 9. The van der Waals surface area contributed by atoms with E-state index in [0.29, 0.717) is 23.6 Å². The molecule has 5 amide bonds. The molecule has 2 aromatic carbocycles. The Hall–Kier alpha value is -4.80. The summed E-state index contributed by atoms with van der Waals surface area (Å²) < 4.78 is 6.86. The molecule has 1 fully saturated rings. The summed E-state index contributed by atoms with van der Waals surface area (Å²) in [5, 5.41) is 8.27. The first-order valence-corrected chi connectivity index (χ1v) is 12.5. The zero-order chi connectivity index (χ0) is 27.9. The smallest absolute Gasteiger partial charge is 0.319 e. The van der Waals surface area contributed by atoms with Crippen LogP contribution in [0.4, 0.5) is 10.5 Å². The van der Waals surface area contributed by atoms with Crippen LogP contribution in [0.15, 0.2) is 72.9 Å². The number of anilines is 1. The van der Waals surface area contributed by atoms with E-state index in [4.69, 9.17) is 10.5 Å². The van der Waals surface area contributed by atoms with E-state index in [1.807, 2.05) is 30.3 Å². The lowest BCUT2D eigenvalue weighted by molar-refractivity contribution is -0.130. The van der Waals surface area contributed by atoms with E-state index in [0.717, 1.165) is 5.56 Å². The minimum absolute atomic E-state index is 0.189. The summed E-state index contributed by atoms with van der Waals surface area (Å²) in [6, 6.07) is 16.1. The lowest BCUT2D eigenvalue weighted by Gasteiger charge is -2.29. The molecule has 1 aliphatic heterocycles. The average molecular weight is 533 g/mol. The van der Waals surface area contributed by atoms with E-state index in [1.165, 1.54) is 12.0 Å². The second kappa shape index (κ2) is 12.2. The number of amides is 5. The van der Waals surface area contributed by atoms with E-state index >= 15 is 0 Å². The van der Waals surface area contributed by atoms with Crippen molar-refractivity contribution in [2.75, 3.05) is 19.0 Å². The number of aromatic nitrogens is 1. The number of nitrogens with one attached hydrogen (secondary N) is 3. The minimum atomic E-state index is -1.07. The fraction of sp³-hybridized carbons (Fsp3) is 0.286. The Balaban J connectivity index is 1.54. The van der Waals surface area contributed by atoms with Gasteiger partial charge in [0.1, 0.15) is 23.5 Å². The molecule has 5 N–H and O–H groups in total. The molecule has 3 aromatic rings. The number of urea groups is 1. The van der Waals surface area contributed by atoms with E-state index < -0.39 is 36.0 Å². The maximum atomic E-state index is 13.6. The molecule has 39 heavy (non-hydrogen) atoms. The molecule has 0 saturated carbocycles. The Kier molecular flexibility index (Phi) is 8.50. The average Bonchev–Trinajstić information content (AvgIpc) is 3.54. The number of aryl methyl sites for hydroxylation is 1. The highest BCUT2D eigenvalue weighted by Gasteiger charge is 2.44. The molecule has 3 atom stereocenters. The van der Waals surface area contributed by atoms with Gasteiger partial charge in [0.25, 0.3) is 5.91 Å². The Morgan fingerprint density at radius 2 is 1.82 bits per heavy atom. The number of primary amides is 1. The molecule has 0 spiro atoms. The molecule has 2 heterocycles. The summed E-state index contributed by atoms with van der Waals surface area (Å²) in [4.78, 5) is 53.6. The third-order valence-electron chi connectivity index (χ3n) is 6.68. The highest BCUT2D eigenvalue weighted by Crippen LogP contribution is 2.23. The van der Waals surface area contributed by atoms with Crippen LogP contribution < -0.4 is 26.4 Å². The first-order valence-electron chi connectivity index (χ1n) is 12.5. The number of hydrogen-bond acceptors (Lipinski definition) is 5. The van der Waals surface area contributed by atoms with Crippen LogP contribution in [-0.4, -0.2) is 65.0 Å². The van der Waals surface area contributed by atoms with Gasteiger partial charge in [-0.05, 0) is 36.2 Å². The van der Waals surface area contributed by atoms with E-state index in [-0.39, 0.29) is 18.9 Å². The number of nitrogens with zero attached hydrogens (tertiary/aromatic N) is 2. The topological polar surface area (TPSA) is 148 Å². The van der Waals surface area contributed by atoms with Gasteiger partial charge in [-0.1, -0.05) is 36.4 Å². The van der Waals surface area contributed by atoms with Crippen molar-refractivity contribution in [2.45, 2.75) is 31.0 Å². The van der Waals surface area contributed by atoms with Crippen LogP contribution in [0.1, 0.15) is 22.5 Å². The summed E-state index contributed by atoms with van der Waals surface area (Å²) in [6.45, 7) is 0.228. The summed E-state index contributed by atoms with van der Waals surface area (Å²) in [6.07, 6.45) is 2.26. The molecule has 0 bridgehead atoms. The Labute approximate surface area is 226 Å². The molecule has 0 unspecified atom stereocenters. The lowest BCUT2D eigenvalue weighted by Crippen LogP contribution is -2.58. The largest absolute Gasteiger partial charge is 0.497 e. The summed E-state index contributed by atoms with van der Waals surface area (Å²) in [5.74, 6) is -1.08. The number of hydrogen-bond donors (Lipinski definition) is 4. The van der Waals surface area contributed by atoms with Gasteiger partial charge >= 0.3 is 6.03 Å². The quantitative estimate of drug-likeness (QED) is 0.331. The van der Waals surface area contributed by atoms with Crippen LogP contribution in [-0.2, 0) is 23.1 Å². The number of benzene rings is 2. The van der Waals surface area contributed by atoms with Gasteiger partial charge in [0.2, 0.25) is 11.8 Å². The minimum Gasteiger partial charge on any atom is -0.497 e. The molecule has 1 aliphatic rings. The van der Waals surface area contributed by atoms with Gasteiger partial charge in [-0.3, -0.25) is 14.4 Å². The van der Waals surface area contributed by atoms with Crippen molar-refractivity contribution in [2.24, 2.45) is 12.8 Å². The Morgan fingerprint density at radius 1 is 1.05 bits per heavy atom. The highest BCUT2D eigenvalue weighted by molar-refractivity contribution is 5.99. The predicted molar refractivity (Wildman–Crippen MR) is 145 cm³/mol. The normalized spacial score (nSPS) is 17.2. The lowest BCUT2D eigenvalue weighted by atomic mass is 10.0. The Morgan fingerprint density at radius 3 is 2.49 bits per heavy atom. The van der Waals surface area contributed by atoms with Crippen LogP contribution in [0.3, 0.4) is 0 Å². The van der Waals surface area contributed by atoms with Crippen molar-refractivity contribution < 1.29 is 23.9 Å². The van der Waals surface area contributed by atoms with Gasteiger partial charge in [0, 0.05) is 38.0 Å². The van der Waals surface area contributed by atoms with Crippen molar-refractivity contribution in [1.29, 1.82) is 0 Å². The zero-order valence-corrected chi connectivity index (χ0v) is 21.8. The SMILES string of the molecule is COc1cccc(NC(=O)N[C@H]2CCN(C(=O)c3cccn3C)[C@@H]2C(=O)N[C@H](Cc2ccccc2)C(N)=O)c1. The number of nitrogens with two attached hydrogens (primary N) is 1. The van der Waals surface area contributed by atoms with Crippen molar-refractivity contribution in [3.8, 4) is 5.75 Å². The van der Waals surface area contributed by atoms with Gasteiger partial charge in [-0.2, -0.15) is 0 Å². The maximum Gasteiger partial charge on any atom is 0.319 e. The van der Waals surface area contributed by atoms with Crippen molar-refractivity contribution in [1.82, 2.24) is 20.1 Å². The number of carbonyl (C=O) groups excluding carboxylic acids is 4. The van der Waals surface area contributed by atoms with Crippen molar-refractivity contribution >= 4 is 29.4 Å². The zero-order valence-electron chi connectivity index (χ0n) is 21.8. The van der Waals surface area contributed by atoms with E-state index in [2.05, 4.69) is 16.0 Å². The number of methoxy groups -OCH3 is 1. The molecular weight excluding hydrogens is 500 g/mol. The van der Waals surface area contributed by atoms with Gasteiger partial charge in [0.05, 0.1) is 13.2 Å². The number of carbonyl (C=O) groups is 4. The van der Waals surface area contributed by atoms with Gasteiger partial charge in [-0.25, -0.2) is 4.79 Å². The molecule has 1 saturated heterocycles. The van der Waals surface area contributed by atoms with Gasteiger partial charge in [0.15, 0.2) is 0 Å². The molecule has 11 heteroatoms. The first-order chi connectivity index (χ1) is 18.8. The Bertz CT molecular complexity index is 1340.